The van der Waals surface area contributed by atoms with Gasteiger partial charge in [0.05, 0.1) is 5.41 Å². The highest BCUT2D eigenvalue weighted by molar-refractivity contribution is 5.95. The van der Waals surface area contributed by atoms with E-state index in [0.717, 1.165) is 36.0 Å². The SMILES string of the molecule is CCCNC(=O)[C@@]1(Cc2ccc(-c3ccncc3)cc2)CCCN(C(=O)c2ccncc2)C1. The average Bonchev–Trinajstić information content (AvgIpc) is 2.88. The fraction of sp³-hybridized carbons (Fsp3) is 0.333. The van der Waals surface area contributed by atoms with E-state index in [1.54, 1.807) is 36.9 Å². The van der Waals surface area contributed by atoms with Gasteiger partial charge in [-0.25, -0.2) is 0 Å². The molecule has 1 saturated heterocycles. The molecule has 1 atom stereocenters. The summed E-state index contributed by atoms with van der Waals surface area (Å²) in [6, 6.07) is 15.8. The molecule has 2 aromatic heterocycles. The summed E-state index contributed by atoms with van der Waals surface area (Å²) in [4.78, 5) is 36.5. The molecule has 6 heteroatoms. The molecule has 0 unspecified atom stereocenters. The van der Waals surface area contributed by atoms with Gasteiger partial charge in [0, 0.05) is 50.0 Å². The van der Waals surface area contributed by atoms with Crippen LogP contribution in [-0.4, -0.2) is 46.3 Å². The molecule has 1 N–H and O–H groups in total. The number of pyridine rings is 2. The molecule has 0 saturated carbocycles. The molecule has 1 aliphatic rings. The van der Waals surface area contributed by atoms with E-state index in [9.17, 15) is 9.59 Å². The Hall–Kier alpha value is -3.54. The van der Waals surface area contributed by atoms with E-state index in [-0.39, 0.29) is 11.8 Å². The molecular formula is C27H30N4O2. The lowest BCUT2D eigenvalue weighted by molar-refractivity contribution is -0.133. The first-order valence-electron chi connectivity index (χ1n) is 11.6. The van der Waals surface area contributed by atoms with Crippen molar-refractivity contribution in [2.24, 2.45) is 5.41 Å². The Kier molecular flexibility index (Phi) is 7.13. The molecule has 6 nitrogen and oxygen atoms in total. The van der Waals surface area contributed by atoms with Crippen LogP contribution in [0.5, 0.6) is 0 Å². The molecule has 2 amide bonds. The van der Waals surface area contributed by atoms with E-state index in [2.05, 4.69) is 39.6 Å². The van der Waals surface area contributed by atoms with E-state index < -0.39 is 5.41 Å². The van der Waals surface area contributed by atoms with Gasteiger partial charge in [0.2, 0.25) is 5.91 Å². The van der Waals surface area contributed by atoms with Crippen LogP contribution in [0, 0.1) is 5.41 Å². The Morgan fingerprint density at radius 3 is 2.24 bits per heavy atom. The second kappa shape index (κ2) is 10.4. The number of nitrogens with one attached hydrogen (secondary N) is 1. The standard InChI is InChI=1S/C27H30N4O2/c1-2-13-30-26(33)27(12-3-18-31(20-27)25(32)24-10-16-29-17-11-24)19-21-4-6-22(7-5-21)23-8-14-28-15-9-23/h4-11,14-17H,2-3,12-13,18-20H2,1H3,(H,30,33)/t27-/m1/s1. The maximum absolute atomic E-state index is 13.4. The Morgan fingerprint density at radius 1 is 0.939 bits per heavy atom. The van der Waals surface area contributed by atoms with Gasteiger partial charge >= 0.3 is 0 Å². The zero-order valence-electron chi connectivity index (χ0n) is 19.0. The minimum absolute atomic E-state index is 0.0368. The predicted octanol–water partition coefficient (Wildman–Crippen LogP) is 4.13. The van der Waals surface area contributed by atoms with E-state index in [1.807, 2.05) is 24.0 Å². The third-order valence-electron chi connectivity index (χ3n) is 6.32. The molecule has 4 rings (SSSR count). The maximum Gasteiger partial charge on any atom is 0.253 e. The summed E-state index contributed by atoms with van der Waals surface area (Å²) in [7, 11) is 0. The molecule has 0 radical (unpaired) electrons. The number of piperidine rings is 1. The number of carbonyl (C=O) groups is 2. The fourth-order valence-electron chi connectivity index (χ4n) is 4.57. The molecule has 0 spiro atoms. The highest BCUT2D eigenvalue weighted by atomic mass is 16.2. The van der Waals surface area contributed by atoms with Crippen molar-refractivity contribution in [1.29, 1.82) is 0 Å². The predicted molar refractivity (Wildman–Crippen MR) is 128 cm³/mol. The summed E-state index contributed by atoms with van der Waals surface area (Å²) in [5, 5.41) is 3.11. The van der Waals surface area contributed by atoms with Crippen LogP contribution in [0.2, 0.25) is 0 Å². The first kappa shape index (κ1) is 22.6. The van der Waals surface area contributed by atoms with Gasteiger partial charge in [-0.2, -0.15) is 0 Å². The first-order chi connectivity index (χ1) is 16.1. The fourth-order valence-corrected chi connectivity index (χ4v) is 4.57. The molecule has 33 heavy (non-hydrogen) atoms. The quantitative estimate of drug-likeness (QED) is 0.597. The van der Waals surface area contributed by atoms with Crippen LogP contribution in [0.4, 0.5) is 0 Å². The summed E-state index contributed by atoms with van der Waals surface area (Å²) in [6.45, 7) is 3.76. The van der Waals surface area contributed by atoms with Crippen molar-refractivity contribution in [2.75, 3.05) is 19.6 Å². The van der Waals surface area contributed by atoms with E-state index in [4.69, 9.17) is 0 Å². The molecule has 1 aromatic carbocycles. The molecule has 3 aromatic rings. The second-order valence-corrected chi connectivity index (χ2v) is 8.71. The Morgan fingerprint density at radius 2 is 1.58 bits per heavy atom. The number of carbonyl (C=O) groups excluding carboxylic acids is 2. The Labute approximate surface area is 195 Å². The van der Waals surface area contributed by atoms with Gasteiger partial charge in [-0.1, -0.05) is 31.2 Å². The van der Waals surface area contributed by atoms with E-state index in [0.29, 0.717) is 31.6 Å². The smallest absolute Gasteiger partial charge is 0.253 e. The molecule has 170 valence electrons. The third-order valence-corrected chi connectivity index (χ3v) is 6.32. The number of rotatable bonds is 7. The van der Waals surface area contributed by atoms with Gasteiger partial charge < -0.3 is 10.2 Å². The number of nitrogens with zero attached hydrogens (tertiary/aromatic N) is 3. The molecule has 0 aliphatic carbocycles. The maximum atomic E-state index is 13.4. The van der Waals surface area contributed by atoms with Gasteiger partial charge in [0.1, 0.15) is 0 Å². The van der Waals surface area contributed by atoms with Crippen molar-refractivity contribution < 1.29 is 9.59 Å². The van der Waals surface area contributed by atoms with Crippen LogP contribution in [0.15, 0.2) is 73.3 Å². The Balaban J connectivity index is 1.58. The van der Waals surface area contributed by atoms with Gasteiger partial charge in [-0.3, -0.25) is 19.6 Å². The van der Waals surface area contributed by atoms with Crippen molar-refractivity contribution in [2.45, 2.75) is 32.6 Å². The number of benzene rings is 1. The third kappa shape index (κ3) is 5.28. The lowest BCUT2D eigenvalue weighted by Crippen LogP contribution is -2.54. The highest BCUT2D eigenvalue weighted by Crippen LogP contribution is 2.35. The zero-order valence-corrected chi connectivity index (χ0v) is 19.0. The number of amides is 2. The topological polar surface area (TPSA) is 75.2 Å². The number of likely N-dealkylation sites (tertiary alicyclic amines) is 1. The average molecular weight is 443 g/mol. The lowest BCUT2D eigenvalue weighted by Gasteiger charge is -2.42. The highest BCUT2D eigenvalue weighted by Gasteiger charge is 2.43. The summed E-state index contributed by atoms with van der Waals surface area (Å²) in [5.74, 6) is -0.00686. The van der Waals surface area contributed by atoms with Crippen LogP contribution >= 0.6 is 0 Å². The van der Waals surface area contributed by atoms with Gasteiger partial charge in [-0.15, -0.1) is 0 Å². The normalized spacial score (nSPS) is 18.0. The summed E-state index contributed by atoms with van der Waals surface area (Å²) in [5.41, 5.74) is 3.28. The monoisotopic (exact) mass is 442 g/mol. The van der Waals surface area contributed by atoms with E-state index >= 15 is 0 Å². The largest absolute Gasteiger partial charge is 0.356 e. The number of aromatic nitrogens is 2. The van der Waals surface area contributed by atoms with Crippen LogP contribution in [0.1, 0.15) is 42.1 Å². The molecule has 1 fully saturated rings. The van der Waals surface area contributed by atoms with Crippen molar-refractivity contribution >= 4 is 11.8 Å². The van der Waals surface area contributed by atoms with Gasteiger partial charge in [0.15, 0.2) is 0 Å². The van der Waals surface area contributed by atoms with Crippen molar-refractivity contribution in [1.82, 2.24) is 20.2 Å². The van der Waals surface area contributed by atoms with Gasteiger partial charge in [0.25, 0.3) is 5.91 Å². The Bertz CT molecular complexity index is 1070. The number of hydrogen-bond donors (Lipinski definition) is 1. The van der Waals surface area contributed by atoms with Crippen LogP contribution < -0.4 is 5.32 Å². The van der Waals surface area contributed by atoms with Crippen molar-refractivity contribution in [3.05, 3.63) is 84.4 Å². The molecule has 0 bridgehead atoms. The minimum atomic E-state index is -0.645. The molecular weight excluding hydrogens is 412 g/mol. The van der Waals surface area contributed by atoms with Gasteiger partial charge in [-0.05, 0) is 66.6 Å². The first-order valence-corrected chi connectivity index (χ1v) is 11.6. The second-order valence-electron chi connectivity index (χ2n) is 8.71. The van der Waals surface area contributed by atoms with Crippen molar-refractivity contribution in [3.63, 3.8) is 0 Å². The molecule has 3 heterocycles. The van der Waals surface area contributed by atoms with E-state index in [1.165, 1.54) is 0 Å². The zero-order chi connectivity index (χ0) is 23.1. The van der Waals surface area contributed by atoms with Crippen LogP contribution in [-0.2, 0) is 11.2 Å². The summed E-state index contributed by atoms with van der Waals surface area (Å²) < 4.78 is 0. The summed E-state index contributed by atoms with van der Waals surface area (Å²) >= 11 is 0. The van der Waals surface area contributed by atoms with Crippen molar-refractivity contribution in [3.8, 4) is 11.1 Å². The minimum Gasteiger partial charge on any atom is -0.356 e. The molecule has 1 aliphatic heterocycles. The van der Waals surface area contributed by atoms with Crippen LogP contribution in [0.25, 0.3) is 11.1 Å². The lowest BCUT2D eigenvalue weighted by atomic mass is 9.74. The summed E-state index contributed by atoms with van der Waals surface area (Å²) in [6.07, 6.45) is 9.85. The van der Waals surface area contributed by atoms with Crippen LogP contribution in [0.3, 0.4) is 0 Å². The number of hydrogen-bond acceptors (Lipinski definition) is 4.